The molecule has 5 aromatic rings. The molecule has 0 unspecified atom stereocenters. The average molecular weight is 404 g/mol. The Kier molecular flexibility index (Phi) is 3.78. The third-order valence-electron chi connectivity index (χ3n) is 4.81. The van der Waals surface area contributed by atoms with E-state index in [1.165, 1.54) is 6.07 Å². The molecule has 29 heavy (non-hydrogen) atoms. The van der Waals surface area contributed by atoms with E-state index < -0.39 is 5.97 Å². The maximum atomic E-state index is 11.4. The highest BCUT2D eigenvalue weighted by Gasteiger charge is 2.19. The van der Waals surface area contributed by atoms with Gasteiger partial charge in [-0.2, -0.15) is 0 Å². The molecule has 2 aromatic carbocycles. The van der Waals surface area contributed by atoms with Crippen molar-refractivity contribution in [3.8, 4) is 22.8 Å². The number of nitrogens with one attached hydrogen (secondary N) is 1. The molecule has 0 radical (unpaired) electrons. The minimum Gasteiger partial charge on any atom is -0.478 e. The highest BCUT2D eigenvalue weighted by atomic mass is 35.5. The first-order valence-corrected chi connectivity index (χ1v) is 9.14. The van der Waals surface area contributed by atoms with Gasteiger partial charge in [0.1, 0.15) is 22.9 Å². The van der Waals surface area contributed by atoms with Crippen molar-refractivity contribution in [2.24, 2.45) is 0 Å². The number of carboxylic acid groups (broad SMARTS) is 1. The van der Waals surface area contributed by atoms with Gasteiger partial charge in [-0.05, 0) is 24.3 Å². The van der Waals surface area contributed by atoms with E-state index in [4.69, 9.17) is 22.3 Å². The van der Waals surface area contributed by atoms with Crippen LogP contribution < -0.4 is 5.73 Å². The van der Waals surface area contributed by atoms with Gasteiger partial charge >= 0.3 is 5.97 Å². The Morgan fingerprint density at radius 3 is 2.79 bits per heavy atom. The molecule has 0 fully saturated rings. The van der Waals surface area contributed by atoms with Crippen LogP contribution in [0.2, 0.25) is 5.02 Å². The summed E-state index contributed by atoms with van der Waals surface area (Å²) in [6.45, 7) is 0. The molecule has 0 amide bonds. The van der Waals surface area contributed by atoms with Crippen molar-refractivity contribution in [1.29, 1.82) is 0 Å². The number of carboxylic acids is 1. The predicted molar refractivity (Wildman–Crippen MR) is 112 cm³/mol. The number of H-pyrrole nitrogens is 1. The normalized spacial score (nSPS) is 11.3. The number of benzene rings is 2. The van der Waals surface area contributed by atoms with E-state index in [9.17, 15) is 9.90 Å². The first kappa shape index (κ1) is 17.3. The largest absolute Gasteiger partial charge is 0.478 e. The van der Waals surface area contributed by atoms with Gasteiger partial charge in [0.05, 0.1) is 21.8 Å². The number of aromatic carboxylic acids is 1. The van der Waals surface area contributed by atoms with Crippen LogP contribution in [-0.2, 0) is 0 Å². The summed E-state index contributed by atoms with van der Waals surface area (Å²) in [7, 11) is 0. The number of hydrogen-bond acceptors (Lipinski definition) is 4. The molecular weight excluding hydrogens is 390 g/mol. The minimum absolute atomic E-state index is 0.181. The zero-order chi connectivity index (χ0) is 20.1. The fraction of sp³-hybridized carbons (Fsp3) is 0. The van der Waals surface area contributed by atoms with Gasteiger partial charge in [-0.15, -0.1) is 0 Å². The molecule has 3 heterocycles. The van der Waals surface area contributed by atoms with Crippen molar-refractivity contribution >= 4 is 39.8 Å². The summed E-state index contributed by atoms with van der Waals surface area (Å²) in [4.78, 5) is 23.7. The first-order valence-electron chi connectivity index (χ1n) is 8.77. The number of fused-ring (bicyclic) bond motifs is 2. The number of rotatable bonds is 3. The van der Waals surface area contributed by atoms with Gasteiger partial charge in [0.25, 0.3) is 0 Å². The Hall–Kier alpha value is -3.84. The molecule has 4 N–H and O–H groups in total. The molecule has 5 rings (SSSR count). The number of anilines is 1. The zero-order valence-corrected chi connectivity index (χ0v) is 15.7. The second kappa shape index (κ2) is 6.35. The van der Waals surface area contributed by atoms with Gasteiger partial charge in [0.15, 0.2) is 0 Å². The monoisotopic (exact) mass is 403 g/mol. The van der Waals surface area contributed by atoms with Crippen LogP contribution in [0.5, 0.6) is 0 Å². The predicted octanol–water partition coefficient (Wildman–Crippen LogP) is 4.48. The molecule has 0 saturated carbocycles. The number of hydrogen-bond donors (Lipinski definition) is 3. The van der Waals surface area contributed by atoms with Crippen LogP contribution >= 0.6 is 11.6 Å². The number of halogens is 1. The quantitative estimate of drug-likeness (QED) is 0.411. The van der Waals surface area contributed by atoms with E-state index in [2.05, 4.69) is 9.97 Å². The zero-order valence-electron chi connectivity index (χ0n) is 14.9. The number of para-hydroxylation sites is 1. The lowest BCUT2D eigenvalue weighted by atomic mass is 10.1. The molecule has 0 aliphatic heterocycles. The smallest absolute Gasteiger partial charge is 0.335 e. The van der Waals surface area contributed by atoms with Crippen LogP contribution in [0.15, 0.2) is 60.9 Å². The second-order valence-electron chi connectivity index (χ2n) is 6.59. The highest BCUT2D eigenvalue weighted by molar-refractivity contribution is 6.35. The van der Waals surface area contributed by atoms with Crippen molar-refractivity contribution in [3.05, 3.63) is 71.5 Å². The Morgan fingerprint density at radius 2 is 2.00 bits per heavy atom. The fourth-order valence-electron chi connectivity index (χ4n) is 3.49. The maximum absolute atomic E-state index is 11.4. The molecule has 0 aliphatic rings. The number of imidazole rings is 1. The average Bonchev–Trinajstić information content (AvgIpc) is 3.31. The molecule has 0 bridgehead atoms. The molecule has 0 saturated heterocycles. The number of aromatic amines is 1. The summed E-state index contributed by atoms with van der Waals surface area (Å²) >= 11 is 6.31. The van der Waals surface area contributed by atoms with E-state index in [0.29, 0.717) is 33.4 Å². The van der Waals surface area contributed by atoms with E-state index in [1.807, 2.05) is 34.7 Å². The van der Waals surface area contributed by atoms with Crippen molar-refractivity contribution < 1.29 is 9.90 Å². The lowest BCUT2D eigenvalue weighted by Gasteiger charge is -2.03. The molecule has 3 aromatic heterocycles. The van der Waals surface area contributed by atoms with Crippen LogP contribution in [0.1, 0.15) is 10.4 Å². The SMILES string of the molecule is Nc1nccn2c(-c3cccc(C(=O)O)c3)nc(-c3cc4cccc(Cl)c4[nH]3)c12. The second-order valence-corrected chi connectivity index (χ2v) is 7.00. The topological polar surface area (TPSA) is 109 Å². The van der Waals surface area contributed by atoms with Crippen molar-refractivity contribution in [2.75, 3.05) is 5.73 Å². The minimum atomic E-state index is -1.00. The van der Waals surface area contributed by atoms with Crippen LogP contribution in [0.4, 0.5) is 5.82 Å². The van der Waals surface area contributed by atoms with Crippen molar-refractivity contribution in [2.45, 2.75) is 0 Å². The lowest BCUT2D eigenvalue weighted by Crippen LogP contribution is -1.98. The fourth-order valence-corrected chi connectivity index (χ4v) is 3.72. The molecule has 7 nitrogen and oxygen atoms in total. The summed E-state index contributed by atoms with van der Waals surface area (Å²) < 4.78 is 1.81. The Balaban J connectivity index is 1.80. The third-order valence-corrected chi connectivity index (χ3v) is 5.13. The molecule has 0 spiro atoms. The first-order chi connectivity index (χ1) is 14.0. The Morgan fingerprint density at radius 1 is 1.17 bits per heavy atom. The summed E-state index contributed by atoms with van der Waals surface area (Å²) in [6.07, 6.45) is 3.33. The number of nitrogens with two attached hydrogens (primary N) is 1. The van der Waals surface area contributed by atoms with E-state index in [0.717, 1.165) is 16.6 Å². The summed E-state index contributed by atoms with van der Waals surface area (Å²) in [5.41, 5.74) is 9.81. The summed E-state index contributed by atoms with van der Waals surface area (Å²) in [5, 5.41) is 10.9. The summed E-state index contributed by atoms with van der Waals surface area (Å²) in [6, 6.07) is 14.2. The molecule has 0 aliphatic carbocycles. The molecule has 142 valence electrons. The standard InChI is InChI=1S/C21H14ClN5O2/c22-14-6-2-3-11-10-15(25-16(11)14)17-18-19(23)24-7-8-27(18)20(26-17)12-4-1-5-13(9-12)21(28)29/h1-10,25H,(H2,23,24)(H,28,29). The van der Waals surface area contributed by atoms with E-state index >= 15 is 0 Å². The molecule has 0 atom stereocenters. The molecular formula is C21H14ClN5O2. The maximum Gasteiger partial charge on any atom is 0.335 e. The van der Waals surface area contributed by atoms with E-state index in [1.54, 1.807) is 24.5 Å². The Labute approximate surface area is 169 Å². The third kappa shape index (κ3) is 2.71. The van der Waals surface area contributed by atoms with Gasteiger partial charge in [0.2, 0.25) is 0 Å². The van der Waals surface area contributed by atoms with Crippen LogP contribution in [0.25, 0.3) is 39.2 Å². The molecule has 8 heteroatoms. The number of aromatic nitrogens is 4. The van der Waals surface area contributed by atoms with Crippen molar-refractivity contribution in [1.82, 2.24) is 19.4 Å². The van der Waals surface area contributed by atoms with Gasteiger partial charge in [0, 0.05) is 23.3 Å². The highest BCUT2D eigenvalue weighted by Crippen LogP contribution is 2.34. The van der Waals surface area contributed by atoms with Crippen LogP contribution in [0.3, 0.4) is 0 Å². The summed E-state index contributed by atoms with van der Waals surface area (Å²) in [5.74, 6) is -0.114. The van der Waals surface area contributed by atoms with Crippen LogP contribution in [0, 0.1) is 0 Å². The van der Waals surface area contributed by atoms with Crippen LogP contribution in [-0.4, -0.2) is 30.4 Å². The van der Waals surface area contributed by atoms with E-state index in [-0.39, 0.29) is 5.56 Å². The number of carbonyl (C=O) groups is 1. The van der Waals surface area contributed by atoms with Crippen molar-refractivity contribution in [3.63, 3.8) is 0 Å². The number of nitrogens with zero attached hydrogens (tertiary/aromatic N) is 3. The van der Waals surface area contributed by atoms with Gasteiger partial charge in [-0.25, -0.2) is 14.8 Å². The Bertz CT molecular complexity index is 1420. The number of nitrogen functional groups attached to an aromatic ring is 1. The lowest BCUT2D eigenvalue weighted by molar-refractivity contribution is 0.0697. The van der Waals surface area contributed by atoms with Gasteiger partial charge in [-0.3, -0.25) is 4.40 Å². The van der Waals surface area contributed by atoms with Gasteiger partial charge in [-0.1, -0.05) is 35.9 Å². The van der Waals surface area contributed by atoms with Gasteiger partial charge < -0.3 is 15.8 Å².